The molecule has 0 atom stereocenters. The van der Waals surface area contributed by atoms with Gasteiger partial charge < -0.3 is 15.0 Å². The van der Waals surface area contributed by atoms with Crippen LogP contribution in [-0.2, 0) is 6.54 Å². The number of hydrogen-bond donors (Lipinski definition) is 2. The molecule has 0 amide bonds. The summed E-state index contributed by atoms with van der Waals surface area (Å²) in [5.74, 6) is 0. The van der Waals surface area contributed by atoms with Gasteiger partial charge in [-0.05, 0) is 37.6 Å². The smallest absolute Gasteiger partial charge is 0.160 e. The molecule has 0 aliphatic heterocycles. The standard InChI is InChI=1S/C20H22N4O/c25-14-12-21-11-5-6-13-24-18-10-4-1-7-15(18)19-20(24)23-17-9-3-2-8-16(17)22-19/h1-4,7-10,21,25H,5-6,11-14H2. The lowest BCUT2D eigenvalue weighted by Crippen LogP contribution is -2.19. The SMILES string of the molecule is OCCNCCCCn1c2ccccc2c2nc3ccccc3nc21. The first-order valence-corrected chi connectivity index (χ1v) is 8.84. The lowest BCUT2D eigenvalue weighted by molar-refractivity contribution is 0.292. The van der Waals surface area contributed by atoms with Crippen molar-refractivity contribution in [3.8, 4) is 0 Å². The van der Waals surface area contributed by atoms with Gasteiger partial charge in [0.05, 0.1) is 23.2 Å². The van der Waals surface area contributed by atoms with Crippen LogP contribution in [0.5, 0.6) is 0 Å². The van der Waals surface area contributed by atoms with Crippen molar-refractivity contribution in [1.29, 1.82) is 0 Å². The molecule has 2 aromatic carbocycles. The van der Waals surface area contributed by atoms with E-state index in [-0.39, 0.29) is 6.61 Å². The number of para-hydroxylation sites is 3. The minimum absolute atomic E-state index is 0.190. The molecule has 5 heteroatoms. The Morgan fingerprint density at radius 1 is 0.880 bits per heavy atom. The molecule has 0 fully saturated rings. The Morgan fingerprint density at radius 2 is 1.64 bits per heavy atom. The molecule has 2 N–H and O–H groups in total. The van der Waals surface area contributed by atoms with Crippen molar-refractivity contribution in [1.82, 2.24) is 19.9 Å². The van der Waals surface area contributed by atoms with Crippen LogP contribution in [0.3, 0.4) is 0 Å². The highest BCUT2D eigenvalue weighted by atomic mass is 16.3. The maximum absolute atomic E-state index is 8.81. The fourth-order valence-corrected chi connectivity index (χ4v) is 3.33. The van der Waals surface area contributed by atoms with Crippen LogP contribution in [0.1, 0.15) is 12.8 Å². The first-order valence-electron chi connectivity index (χ1n) is 8.84. The van der Waals surface area contributed by atoms with Gasteiger partial charge in [0.2, 0.25) is 0 Å². The highest BCUT2D eigenvalue weighted by Gasteiger charge is 2.13. The van der Waals surface area contributed by atoms with Crippen LogP contribution < -0.4 is 5.32 Å². The van der Waals surface area contributed by atoms with Gasteiger partial charge in [-0.3, -0.25) is 0 Å². The normalized spacial score (nSPS) is 11.7. The summed E-state index contributed by atoms with van der Waals surface area (Å²) in [4.78, 5) is 9.77. The van der Waals surface area contributed by atoms with Crippen molar-refractivity contribution in [2.24, 2.45) is 0 Å². The van der Waals surface area contributed by atoms with Gasteiger partial charge in [-0.25, -0.2) is 9.97 Å². The third-order valence-corrected chi connectivity index (χ3v) is 4.53. The first kappa shape index (κ1) is 16.0. The quantitative estimate of drug-likeness (QED) is 0.510. The van der Waals surface area contributed by atoms with Crippen LogP contribution in [0, 0.1) is 0 Å². The fraction of sp³-hybridized carbons (Fsp3) is 0.300. The number of rotatable bonds is 7. The van der Waals surface area contributed by atoms with E-state index in [0.29, 0.717) is 6.54 Å². The zero-order valence-electron chi connectivity index (χ0n) is 14.2. The van der Waals surface area contributed by atoms with Crippen molar-refractivity contribution in [2.75, 3.05) is 19.7 Å². The molecule has 0 bridgehead atoms. The third-order valence-electron chi connectivity index (χ3n) is 4.53. The summed E-state index contributed by atoms with van der Waals surface area (Å²) >= 11 is 0. The van der Waals surface area contributed by atoms with E-state index in [1.807, 2.05) is 24.3 Å². The molecular weight excluding hydrogens is 312 g/mol. The van der Waals surface area contributed by atoms with E-state index in [0.717, 1.165) is 53.5 Å². The van der Waals surface area contributed by atoms with Crippen molar-refractivity contribution in [2.45, 2.75) is 19.4 Å². The Balaban J connectivity index is 1.71. The lowest BCUT2D eigenvalue weighted by Gasteiger charge is -2.07. The number of nitrogens with one attached hydrogen (secondary N) is 1. The van der Waals surface area contributed by atoms with Crippen molar-refractivity contribution in [3.05, 3.63) is 48.5 Å². The van der Waals surface area contributed by atoms with Crippen LogP contribution in [0.2, 0.25) is 0 Å². The number of nitrogens with zero attached hydrogens (tertiary/aromatic N) is 3. The van der Waals surface area contributed by atoms with Gasteiger partial charge in [-0.2, -0.15) is 0 Å². The average Bonchev–Trinajstić information content (AvgIpc) is 2.96. The zero-order valence-corrected chi connectivity index (χ0v) is 14.2. The Labute approximate surface area is 146 Å². The monoisotopic (exact) mass is 334 g/mol. The van der Waals surface area contributed by atoms with E-state index in [2.05, 4.69) is 34.1 Å². The number of aromatic nitrogens is 3. The summed E-state index contributed by atoms with van der Waals surface area (Å²) in [6, 6.07) is 16.4. The second-order valence-electron chi connectivity index (χ2n) is 6.23. The van der Waals surface area contributed by atoms with E-state index in [1.165, 1.54) is 5.52 Å². The van der Waals surface area contributed by atoms with Gasteiger partial charge in [0.25, 0.3) is 0 Å². The van der Waals surface area contributed by atoms with Gasteiger partial charge in [-0.15, -0.1) is 0 Å². The zero-order chi connectivity index (χ0) is 17.1. The molecule has 0 aliphatic carbocycles. The van der Waals surface area contributed by atoms with E-state index < -0.39 is 0 Å². The number of unbranched alkanes of at least 4 members (excludes halogenated alkanes) is 1. The summed E-state index contributed by atoms with van der Waals surface area (Å²) in [7, 11) is 0. The number of benzene rings is 2. The minimum Gasteiger partial charge on any atom is -0.395 e. The van der Waals surface area contributed by atoms with Crippen LogP contribution in [0.4, 0.5) is 0 Å². The molecule has 2 aromatic heterocycles. The van der Waals surface area contributed by atoms with Gasteiger partial charge >= 0.3 is 0 Å². The van der Waals surface area contributed by atoms with Crippen LogP contribution in [0.15, 0.2) is 48.5 Å². The van der Waals surface area contributed by atoms with E-state index >= 15 is 0 Å². The number of aryl methyl sites for hydroxylation is 1. The predicted octanol–water partition coefficient (Wildman–Crippen LogP) is 3.10. The minimum atomic E-state index is 0.190. The molecular formula is C20H22N4O. The highest BCUT2D eigenvalue weighted by molar-refractivity contribution is 6.06. The predicted molar refractivity (Wildman–Crippen MR) is 102 cm³/mol. The summed E-state index contributed by atoms with van der Waals surface area (Å²) in [5.41, 5.74) is 5.00. The molecule has 25 heavy (non-hydrogen) atoms. The van der Waals surface area contributed by atoms with Crippen molar-refractivity contribution >= 4 is 33.1 Å². The average molecular weight is 334 g/mol. The third kappa shape index (κ3) is 3.08. The topological polar surface area (TPSA) is 63.0 Å². The number of fused-ring (bicyclic) bond motifs is 4. The molecule has 0 aliphatic rings. The maximum atomic E-state index is 8.81. The molecule has 0 radical (unpaired) electrons. The second-order valence-corrected chi connectivity index (χ2v) is 6.23. The molecule has 0 unspecified atom stereocenters. The van der Waals surface area contributed by atoms with Crippen LogP contribution in [0.25, 0.3) is 33.1 Å². The summed E-state index contributed by atoms with van der Waals surface area (Å²) in [6.45, 7) is 2.69. The van der Waals surface area contributed by atoms with Crippen molar-refractivity contribution in [3.63, 3.8) is 0 Å². The Kier molecular flexibility index (Phi) is 4.59. The molecule has 128 valence electrons. The van der Waals surface area contributed by atoms with Gasteiger partial charge in [0.15, 0.2) is 5.65 Å². The Morgan fingerprint density at radius 3 is 2.48 bits per heavy atom. The molecule has 2 heterocycles. The van der Waals surface area contributed by atoms with Gasteiger partial charge in [0, 0.05) is 18.5 Å². The summed E-state index contributed by atoms with van der Waals surface area (Å²) in [6.07, 6.45) is 2.12. The lowest BCUT2D eigenvalue weighted by atomic mass is 10.2. The van der Waals surface area contributed by atoms with E-state index in [9.17, 15) is 0 Å². The van der Waals surface area contributed by atoms with E-state index in [4.69, 9.17) is 15.1 Å². The Bertz CT molecular complexity index is 1010. The molecule has 4 rings (SSSR count). The summed E-state index contributed by atoms with van der Waals surface area (Å²) in [5, 5.41) is 13.2. The van der Waals surface area contributed by atoms with Crippen LogP contribution >= 0.6 is 0 Å². The molecule has 0 saturated carbocycles. The van der Waals surface area contributed by atoms with Gasteiger partial charge in [0.1, 0.15) is 5.52 Å². The highest BCUT2D eigenvalue weighted by Crippen LogP contribution is 2.28. The summed E-state index contributed by atoms with van der Waals surface area (Å²) < 4.78 is 2.29. The fourth-order valence-electron chi connectivity index (χ4n) is 3.33. The molecule has 4 aromatic rings. The molecule has 0 saturated heterocycles. The number of aliphatic hydroxyl groups is 1. The van der Waals surface area contributed by atoms with Crippen molar-refractivity contribution < 1.29 is 5.11 Å². The largest absolute Gasteiger partial charge is 0.395 e. The number of hydrogen-bond acceptors (Lipinski definition) is 4. The van der Waals surface area contributed by atoms with Gasteiger partial charge in [-0.1, -0.05) is 30.3 Å². The van der Waals surface area contributed by atoms with Crippen LogP contribution in [-0.4, -0.2) is 39.3 Å². The molecule has 5 nitrogen and oxygen atoms in total. The Hall–Kier alpha value is -2.50. The maximum Gasteiger partial charge on any atom is 0.160 e. The second kappa shape index (κ2) is 7.17. The first-order chi connectivity index (χ1) is 12.4. The van der Waals surface area contributed by atoms with E-state index in [1.54, 1.807) is 0 Å². The molecule has 0 spiro atoms. The number of aliphatic hydroxyl groups excluding tert-OH is 1.